The summed E-state index contributed by atoms with van der Waals surface area (Å²) < 4.78 is 43.4. The van der Waals surface area contributed by atoms with E-state index in [1.807, 2.05) is 6.92 Å². The Morgan fingerprint density at radius 3 is 2.68 bits per heavy atom. The van der Waals surface area contributed by atoms with Crippen LogP contribution in [0.4, 0.5) is 13.2 Å². The van der Waals surface area contributed by atoms with Crippen molar-refractivity contribution in [2.24, 2.45) is 5.73 Å². The van der Waals surface area contributed by atoms with Gasteiger partial charge in [-0.1, -0.05) is 0 Å². The summed E-state index contributed by atoms with van der Waals surface area (Å²) in [6, 6.07) is 3.77. The van der Waals surface area contributed by atoms with E-state index in [1.165, 1.54) is 6.07 Å². The minimum absolute atomic E-state index is 0.105. The van der Waals surface area contributed by atoms with Crippen LogP contribution in [0.25, 0.3) is 0 Å². The molecule has 1 aliphatic heterocycles. The number of benzene rings is 1. The van der Waals surface area contributed by atoms with Crippen LogP contribution >= 0.6 is 11.8 Å². The Kier molecular flexibility index (Phi) is 4.43. The predicted octanol–water partition coefficient (Wildman–Crippen LogP) is 3.43. The highest BCUT2D eigenvalue weighted by atomic mass is 32.2. The second-order valence-electron chi connectivity index (χ2n) is 4.55. The number of nitrogens with two attached hydrogens (primary N) is 1. The molecule has 106 valence electrons. The van der Waals surface area contributed by atoms with E-state index in [9.17, 15) is 13.2 Å². The molecule has 0 aromatic heterocycles. The Labute approximate surface area is 114 Å². The quantitative estimate of drug-likeness (QED) is 0.926. The van der Waals surface area contributed by atoms with Crippen LogP contribution in [-0.2, 0) is 17.5 Å². The molecule has 1 heterocycles. The van der Waals surface area contributed by atoms with E-state index in [2.05, 4.69) is 0 Å². The highest BCUT2D eigenvalue weighted by Crippen LogP contribution is 2.37. The van der Waals surface area contributed by atoms with Crippen molar-refractivity contribution >= 4 is 11.8 Å². The van der Waals surface area contributed by atoms with Gasteiger partial charge in [0.2, 0.25) is 0 Å². The number of thioether (sulfide) groups is 1. The lowest BCUT2D eigenvalue weighted by atomic mass is 10.1. The molecular weight excluding hydrogens is 275 g/mol. The van der Waals surface area contributed by atoms with Crippen molar-refractivity contribution in [1.82, 2.24) is 0 Å². The number of rotatable bonds is 3. The van der Waals surface area contributed by atoms with Gasteiger partial charge in [-0.3, -0.25) is 0 Å². The maximum absolute atomic E-state index is 12.6. The molecule has 1 fully saturated rings. The minimum Gasteiger partial charge on any atom is -0.377 e. The van der Waals surface area contributed by atoms with Gasteiger partial charge in [-0.2, -0.15) is 13.2 Å². The van der Waals surface area contributed by atoms with Gasteiger partial charge in [-0.25, -0.2) is 0 Å². The first kappa shape index (κ1) is 14.7. The average Bonchev–Trinajstić information content (AvgIpc) is 2.74. The molecule has 2 N–H and O–H groups in total. The first-order valence-electron chi connectivity index (χ1n) is 6.10. The summed E-state index contributed by atoms with van der Waals surface area (Å²) in [7, 11) is 0. The van der Waals surface area contributed by atoms with Crippen molar-refractivity contribution in [3.8, 4) is 0 Å². The van der Waals surface area contributed by atoms with Gasteiger partial charge in [0.15, 0.2) is 0 Å². The first-order chi connectivity index (χ1) is 8.91. The molecule has 0 saturated carbocycles. The van der Waals surface area contributed by atoms with Gasteiger partial charge in [-0.05, 0) is 37.1 Å². The molecule has 19 heavy (non-hydrogen) atoms. The molecule has 1 aliphatic rings. The summed E-state index contributed by atoms with van der Waals surface area (Å²) >= 11 is 1.56. The van der Waals surface area contributed by atoms with Crippen LogP contribution in [0.2, 0.25) is 0 Å². The van der Waals surface area contributed by atoms with Crippen molar-refractivity contribution in [2.45, 2.75) is 42.3 Å². The fourth-order valence-corrected chi connectivity index (χ4v) is 3.31. The SMILES string of the molecule is CC1OCCC1Sc1ccc(C(F)(F)F)cc1CN. The Morgan fingerprint density at radius 1 is 1.42 bits per heavy atom. The molecule has 2 atom stereocenters. The molecule has 1 saturated heterocycles. The number of hydrogen-bond donors (Lipinski definition) is 1. The molecule has 2 unspecified atom stereocenters. The zero-order valence-corrected chi connectivity index (χ0v) is 11.4. The van der Waals surface area contributed by atoms with Crippen molar-refractivity contribution in [3.63, 3.8) is 0 Å². The topological polar surface area (TPSA) is 35.2 Å². The molecule has 0 radical (unpaired) electrons. The lowest BCUT2D eigenvalue weighted by Crippen LogP contribution is -2.14. The standard InChI is InChI=1S/C13H16F3NOS/c1-8-11(4-5-18-8)19-12-3-2-10(13(14,15)16)6-9(12)7-17/h2-3,6,8,11H,4-5,7,17H2,1H3. The van der Waals surface area contributed by atoms with Gasteiger partial charge in [0.05, 0.1) is 11.7 Å². The summed E-state index contributed by atoms with van der Waals surface area (Å²) in [5.74, 6) is 0. The highest BCUT2D eigenvalue weighted by molar-refractivity contribution is 8.00. The van der Waals surface area contributed by atoms with Crippen molar-refractivity contribution in [3.05, 3.63) is 29.3 Å². The third kappa shape index (κ3) is 3.43. The van der Waals surface area contributed by atoms with Crippen LogP contribution in [0.3, 0.4) is 0 Å². The van der Waals surface area contributed by atoms with E-state index < -0.39 is 11.7 Å². The van der Waals surface area contributed by atoms with Crippen molar-refractivity contribution in [2.75, 3.05) is 6.61 Å². The Morgan fingerprint density at radius 2 is 2.16 bits per heavy atom. The average molecular weight is 291 g/mol. The number of hydrogen-bond acceptors (Lipinski definition) is 3. The van der Waals surface area contributed by atoms with E-state index in [0.717, 1.165) is 23.4 Å². The lowest BCUT2D eigenvalue weighted by molar-refractivity contribution is -0.137. The van der Waals surface area contributed by atoms with Gasteiger partial charge in [-0.15, -0.1) is 11.8 Å². The molecule has 0 bridgehead atoms. The fraction of sp³-hybridized carbons (Fsp3) is 0.538. The summed E-state index contributed by atoms with van der Waals surface area (Å²) in [4.78, 5) is 0.817. The van der Waals surface area contributed by atoms with E-state index >= 15 is 0 Å². The van der Waals surface area contributed by atoms with Crippen LogP contribution in [0.15, 0.2) is 23.1 Å². The number of halogens is 3. The largest absolute Gasteiger partial charge is 0.416 e. The Balaban J connectivity index is 2.21. The van der Waals surface area contributed by atoms with Crippen LogP contribution in [0, 0.1) is 0 Å². The third-order valence-corrected chi connectivity index (χ3v) is 4.77. The summed E-state index contributed by atoms with van der Waals surface area (Å²) in [6.07, 6.45) is -3.29. The van der Waals surface area contributed by atoms with E-state index in [1.54, 1.807) is 11.8 Å². The first-order valence-corrected chi connectivity index (χ1v) is 6.98. The van der Waals surface area contributed by atoms with Gasteiger partial charge in [0.25, 0.3) is 0 Å². The number of alkyl halides is 3. The van der Waals surface area contributed by atoms with Gasteiger partial charge >= 0.3 is 6.18 Å². The van der Waals surface area contributed by atoms with E-state index in [0.29, 0.717) is 12.2 Å². The van der Waals surface area contributed by atoms with Crippen LogP contribution in [-0.4, -0.2) is 18.0 Å². The number of ether oxygens (including phenoxy) is 1. The molecule has 6 heteroatoms. The van der Waals surface area contributed by atoms with Crippen LogP contribution < -0.4 is 5.73 Å². The Bertz CT molecular complexity index is 450. The van der Waals surface area contributed by atoms with Crippen LogP contribution in [0.1, 0.15) is 24.5 Å². The van der Waals surface area contributed by atoms with E-state index in [-0.39, 0.29) is 17.9 Å². The Hall–Kier alpha value is -0.720. The minimum atomic E-state index is -4.32. The molecule has 0 aliphatic carbocycles. The predicted molar refractivity (Wildman–Crippen MR) is 69.0 cm³/mol. The smallest absolute Gasteiger partial charge is 0.377 e. The molecular formula is C13H16F3NOS. The third-order valence-electron chi connectivity index (χ3n) is 3.19. The lowest BCUT2D eigenvalue weighted by Gasteiger charge is -2.17. The van der Waals surface area contributed by atoms with Gasteiger partial charge in [0, 0.05) is 23.3 Å². The summed E-state index contributed by atoms with van der Waals surface area (Å²) in [6.45, 7) is 2.79. The second kappa shape index (κ2) is 5.73. The monoisotopic (exact) mass is 291 g/mol. The van der Waals surface area contributed by atoms with Crippen molar-refractivity contribution < 1.29 is 17.9 Å². The molecule has 2 nitrogen and oxygen atoms in total. The normalized spacial score (nSPS) is 23.8. The summed E-state index contributed by atoms with van der Waals surface area (Å²) in [5.41, 5.74) is 5.46. The molecule has 1 aromatic rings. The molecule has 0 spiro atoms. The van der Waals surface area contributed by atoms with E-state index in [4.69, 9.17) is 10.5 Å². The molecule has 0 amide bonds. The van der Waals surface area contributed by atoms with Gasteiger partial charge in [0.1, 0.15) is 0 Å². The summed E-state index contributed by atoms with van der Waals surface area (Å²) in [5, 5.41) is 0.280. The second-order valence-corrected chi connectivity index (χ2v) is 5.83. The highest BCUT2D eigenvalue weighted by Gasteiger charge is 2.31. The zero-order valence-electron chi connectivity index (χ0n) is 10.5. The maximum Gasteiger partial charge on any atom is 0.416 e. The molecule has 1 aromatic carbocycles. The van der Waals surface area contributed by atoms with Crippen LogP contribution in [0.5, 0.6) is 0 Å². The van der Waals surface area contributed by atoms with Crippen molar-refractivity contribution in [1.29, 1.82) is 0 Å². The molecule has 2 rings (SSSR count). The maximum atomic E-state index is 12.6. The fourth-order valence-electron chi connectivity index (χ4n) is 2.06. The zero-order chi connectivity index (χ0) is 14.0. The van der Waals surface area contributed by atoms with Gasteiger partial charge < -0.3 is 10.5 Å².